The van der Waals surface area contributed by atoms with Crippen molar-refractivity contribution in [3.8, 4) is 0 Å². The highest BCUT2D eigenvalue weighted by atomic mass is 16.3. The minimum atomic E-state index is 0.672. The van der Waals surface area contributed by atoms with Crippen LogP contribution in [0.4, 0.5) is 0 Å². The highest BCUT2D eigenvalue weighted by Crippen LogP contribution is 2.28. The van der Waals surface area contributed by atoms with Crippen molar-refractivity contribution in [2.45, 2.75) is 45.7 Å². The predicted octanol–water partition coefficient (Wildman–Crippen LogP) is 3.19. The topological polar surface area (TPSA) is 25.2 Å². The van der Waals surface area contributed by atoms with Gasteiger partial charge in [-0.05, 0) is 43.2 Å². The molecule has 15 heavy (non-hydrogen) atoms. The highest BCUT2D eigenvalue weighted by Gasteiger charge is 2.24. The fourth-order valence-electron chi connectivity index (χ4n) is 2.61. The zero-order valence-corrected chi connectivity index (χ0v) is 9.70. The minimum Gasteiger partial charge on any atom is -0.468 e. The first-order valence-corrected chi connectivity index (χ1v) is 6.01. The van der Waals surface area contributed by atoms with Gasteiger partial charge in [0, 0.05) is 6.04 Å². The van der Waals surface area contributed by atoms with Gasteiger partial charge in [0.1, 0.15) is 5.76 Å². The van der Waals surface area contributed by atoms with Crippen LogP contribution in [-0.4, -0.2) is 6.04 Å². The van der Waals surface area contributed by atoms with E-state index in [1.807, 2.05) is 12.1 Å². The third-order valence-corrected chi connectivity index (χ3v) is 3.55. The molecule has 1 heterocycles. The summed E-state index contributed by atoms with van der Waals surface area (Å²) in [6.07, 6.45) is 5.77. The van der Waals surface area contributed by atoms with Crippen molar-refractivity contribution in [3.05, 3.63) is 24.2 Å². The molecule has 0 saturated heterocycles. The number of furan rings is 1. The van der Waals surface area contributed by atoms with E-state index in [0.717, 1.165) is 24.1 Å². The third kappa shape index (κ3) is 2.85. The van der Waals surface area contributed by atoms with Gasteiger partial charge >= 0.3 is 0 Å². The smallest absolute Gasteiger partial charge is 0.117 e. The first kappa shape index (κ1) is 10.7. The maximum Gasteiger partial charge on any atom is 0.117 e. The van der Waals surface area contributed by atoms with Crippen molar-refractivity contribution in [2.24, 2.45) is 11.8 Å². The zero-order valence-electron chi connectivity index (χ0n) is 9.70. The maximum absolute atomic E-state index is 5.32. The molecule has 1 N–H and O–H groups in total. The minimum absolute atomic E-state index is 0.672. The molecule has 1 saturated carbocycles. The normalized spacial score (nSPS) is 31.7. The van der Waals surface area contributed by atoms with Crippen LogP contribution in [0.1, 0.15) is 38.9 Å². The molecule has 3 atom stereocenters. The molecule has 0 amide bonds. The lowest BCUT2D eigenvalue weighted by Gasteiger charge is -2.33. The maximum atomic E-state index is 5.32. The molecule has 0 aromatic carbocycles. The number of hydrogen-bond acceptors (Lipinski definition) is 2. The van der Waals surface area contributed by atoms with E-state index in [4.69, 9.17) is 4.42 Å². The summed E-state index contributed by atoms with van der Waals surface area (Å²) in [6.45, 7) is 5.59. The van der Waals surface area contributed by atoms with Gasteiger partial charge < -0.3 is 9.73 Å². The van der Waals surface area contributed by atoms with Crippen LogP contribution in [0, 0.1) is 11.8 Å². The molecule has 84 valence electrons. The average molecular weight is 207 g/mol. The largest absolute Gasteiger partial charge is 0.468 e. The van der Waals surface area contributed by atoms with Gasteiger partial charge in [-0.25, -0.2) is 0 Å². The highest BCUT2D eigenvalue weighted by molar-refractivity contribution is 4.98. The lowest BCUT2D eigenvalue weighted by molar-refractivity contribution is 0.223. The van der Waals surface area contributed by atoms with Crippen LogP contribution in [-0.2, 0) is 6.54 Å². The lowest BCUT2D eigenvalue weighted by Crippen LogP contribution is -2.38. The fourth-order valence-corrected chi connectivity index (χ4v) is 2.61. The monoisotopic (exact) mass is 207 g/mol. The first-order valence-electron chi connectivity index (χ1n) is 6.01. The second kappa shape index (κ2) is 4.84. The molecule has 0 bridgehead atoms. The molecule has 1 fully saturated rings. The fraction of sp³-hybridized carbons (Fsp3) is 0.692. The van der Waals surface area contributed by atoms with Gasteiger partial charge in [-0.1, -0.05) is 13.8 Å². The van der Waals surface area contributed by atoms with Crippen LogP contribution in [0.2, 0.25) is 0 Å². The van der Waals surface area contributed by atoms with Crippen LogP contribution in [0.5, 0.6) is 0 Å². The quantitative estimate of drug-likeness (QED) is 0.823. The molecule has 1 aliphatic rings. The van der Waals surface area contributed by atoms with Crippen LogP contribution in [0.3, 0.4) is 0 Å². The third-order valence-electron chi connectivity index (χ3n) is 3.55. The first-order chi connectivity index (χ1) is 7.25. The Kier molecular flexibility index (Phi) is 3.47. The van der Waals surface area contributed by atoms with Gasteiger partial charge in [0.05, 0.1) is 12.8 Å². The van der Waals surface area contributed by atoms with E-state index in [9.17, 15) is 0 Å². The van der Waals surface area contributed by atoms with Gasteiger partial charge in [-0.2, -0.15) is 0 Å². The standard InChI is InChI=1S/C13H21NO/c1-10-5-6-13(11(2)8-10)14-9-12-4-3-7-15-12/h3-4,7,10-11,13-14H,5-6,8-9H2,1-2H3. The summed E-state index contributed by atoms with van der Waals surface area (Å²) in [7, 11) is 0. The molecule has 0 aliphatic heterocycles. The van der Waals surface area contributed by atoms with E-state index in [0.29, 0.717) is 6.04 Å². The van der Waals surface area contributed by atoms with Gasteiger partial charge in [-0.15, -0.1) is 0 Å². The second-order valence-corrected chi connectivity index (χ2v) is 4.96. The Bertz CT molecular complexity index is 281. The molecule has 1 aliphatic carbocycles. The summed E-state index contributed by atoms with van der Waals surface area (Å²) >= 11 is 0. The van der Waals surface area contributed by atoms with E-state index in [2.05, 4.69) is 19.2 Å². The van der Waals surface area contributed by atoms with E-state index >= 15 is 0 Å². The van der Waals surface area contributed by atoms with E-state index in [1.165, 1.54) is 19.3 Å². The number of hydrogen-bond donors (Lipinski definition) is 1. The molecule has 2 rings (SSSR count). The zero-order chi connectivity index (χ0) is 10.7. The van der Waals surface area contributed by atoms with Crippen LogP contribution < -0.4 is 5.32 Å². The van der Waals surface area contributed by atoms with E-state index < -0.39 is 0 Å². The second-order valence-electron chi connectivity index (χ2n) is 4.96. The van der Waals surface area contributed by atoms with Crippen LogP contribution >= 0.6 is 0 Å². The van der Waals surface area contributed by atoms with Crippen molar-refractivity contribution in [1.82, 2.24) is 5.32 Å². The van der Waals surface area contributed by atoms with Gasteiger partial charge in [0.2, 0.25) is 0 Å². The molecule has 1 aromatic rings. The summed E-state index contributed by atoms with van der Waals surface area (Å²) in [4.78, 5) is 0. The Morgan fingerprint density at radius 2 is 2.27 bits per heavy atom. The molecule has 1 aromatic heterocycles. The number of rotatable bonds is 3. The summed E-state index contributed by atoms with van der Waals surface area (Å²) in [5.74, 6) is 2.74. The molecule has 0 spiro atoms. The summed E-state index contributed by atoms with van der Waals surface area (Å²) in [5.41, 5.74) is 0. The Balaban J connectivity index is 1.79. The summed E-state index contributed by atoms with van der Waals surface area (Å²) in [6, 6.07) is 4.65. The van der Waals surface area contributed by atoms with Crippen molar-refractivity contribution < 1.29 is 4.42 Å². The molecule has 2 nitrogen and oxygen atoms in total. The van der Waals surface area contributed by atoms with Crippen molar-refractivity contribution in [3.63, 3.8) is 0 Å². The Labute approximate surface area is 92.1 Å². The number of nitrogens with one attached hydrogen (secondary N) is 1. The molecular weight excluding hydrogens is 186 g/mol. The Morgan fingerprint density at radius 1 is 1.40 bits per heavy atom. The van der Waals surface area contributed by atoms with E-state index in [1.54, 1.807) is 6.26 Å². The van der Waals surface area contributed by atoms with Gasteiger partial charge in [0.25, 0.3) is 0 Å². The molecule has 0 radical (unpaired) electrons. The Morgan fingerprint density at radius 3 is 2.93 bits per heavy atom. The molecule has 2 heteroatoms. The van der Waals surface area contributed by atoms with Crippen molar-refractivity contribution in [2.75, 3.05) is 0 Å². The van der Waals surface area contributed by atoms with E-state index in [-0.39, 0.29) is 0 Å². The lowest BCUT2D eigenvalue weighted by atomic mass is 9.80. The summed E-state index contributed by atoms with van der Waals surface area (Å²) < 4.78 is 5.32. The van der Waals surface area contributed by atoms with Crippen molar-refractivity contribution in [1.29, 1.82) is 0 Å². The summed E-state index contributed by atoms with van der Waals surface area (Å²) in [5, 5.41) is 3.60. The molecule has 3 unspecified atom stereocenters. The van der Waals surface area contributed by atoms with Gasteiger partial charge in [-0.3, -0.25) is 0 Å². The average Bonchev–Trinajstić information content (AvgIpc) is 2.69. The van der Waals surface area contributed by atoms with Gasteiger partial charge in [0.15, 0.2) is 0 Å². The van der Waals surface area contributed by atoms with Crippen LogP contribution in [0.15, 0.2) is 22.8 Å². The van der Waals surface area contributed by atoms with Crippen molar-refractivity contribution >= 4 is 0 Å². The Hall–Kier alpha value is -0.760. The molecular formula is C13H21NO. The van der Waals surface area contributed by atoms with Crippen LogP contribution in [0.25, 0.3) is 0 Å². The SMILES string of the molecule is CC1CCC(NCc2ccco2)C(C)C1. The predicted molar refractivity (Wildman–Crippen MR) is 61.5 cm³/mol.